The molecule has 0 saturated carbocycles. The summed E-state index contributed by atoms with van der Waals surface area (Å²) in [6, 6.07) is 12.6. The summed E-state index contributed by atoms with van der Waals surface area (Å²) in [4.78, 5) is 18.7. The Kier molecular flexibility index (Phi) is 7.22. The Morgan fingerprint density at radius 1 is 1.16 bits per heavy atom. The number of nitrogens with one attached hydrogen (secondary N) is 2. The molecular weight excluding hydrogens is 316 g/mol. The van der Waals surface area contributed by atoms with Gasteiger partial charge in [0.05, 0.1) is 12.6 Å². The van der Waals surface area contributed by atoms with E-state index in [-0.39, 0.29) is 12.6 Å². The molecule has 1 heterocycles. The summed E-state index contributed by atoms with van der Waals surface area (Å²) in [5.41, 5.74) is 1.79. The van der Waals surface area contributed by atoms with Gasteiger partial charge in [-0.15, -0.1) is 0 Å². The van der Waals surface area contributed by atoms with Crippen molar-refractivity contribution in [2.75, 3.05) is 24.6 Å². The molecule has 0 spiro atoms. The molecule has 0 fully saturated rings. The minimum absolute atomic E-state index is 0.155. The van der Waals surface area contributed by atoms with Crippen molar-refractivity contribution in [1.82, 2.24) is 15.6 Å². The van der Waals surface area contributed by atoms with E-state index in [2.05, 4.69) is 34.4 Å². The molecule has 0 radical (unpaired) electrons. The third-order valence-electron chi connectivity index (χ3n) is 4.04. The van der Waals surface area contributed by atoms with E-state index < -0.39 is 6.04 Å². The fourth-order valence-electron chi connectivity index (χ4n) is 2.57. The van der Waals surface area contributed by atoms with E-state index in [1.54, 1.807) is 6.20 Å². The zero-order valence-corrected chi connectivity index (χ0v) is 14.8. The van der Waals surface area contributed by atoms with Crippen molar-refractivity contribution in [3.8, 4) is 0 Å². The third-order valence-corrected chi connectivity index (χ3v) is 4.04. The molecule has 2 amide bonds. The molecule has 1 atom stereocenters. The number of rotatable bonds is 8. The minimum Gasteiger partial charge on any atom is -0.394 e. The fraction of sp³-hybridized carbons (Fsp3) is 0.368. The number of nitrogens with zero attached hydrogens (tertiary/aromatic N) is 2. The van der Waals surface area contributed by atoms with Crippen molar-refractivity contribution in [3.05, 3.63) is 59.8 Å². The maximum absolute atomic E-state index is 12.1. The van der Waals surface area contributed by atoms with Gasteiger partial charge in [-0.2, -0.15) is 0 Å². The van der Waals surface area contributed by atoms with Crippen LogP contribution < -0.4 is 15.5 Å². The number of urea groups is 1. The van der Waals surface area contributed by atoms with Crippen molar-refractivity contribution in [2.24, 2.45) is 0 Å². The number of aliphatic hydroxyl groups is 1. The first-order valence-corrected chi connectivity index (χ1v) is 8.58. The molecule has 2 aromatic rings. The van der Waals surface area contributed by atoms with Gasteiger partial charge in [-0.1, -0.05) is 36.4 Å². The molecule has 1 unspecified atom stereocenters. The van der Waals surface area contributed by atoms with Gasteiger partial charge in [-0.05, 0) is 31.0 Å². The van der Waals surface area contributed by atoms with Gasteiger partial charge >= 0.3 is 6.03 Å². The Labute approximate surface area is 148 Å². The predicted octanol–water partition coefficient (Wildman–Crippen LogP) is 2.46. The molecule has 0 aliphatic rings. The van der Waals surface area contributed by atoms with Crippen LogP contribution in [-0.4, -0.2) is 35.8 Å². The molecule has 0 aliphatic heterocycles. The van der Waals surface area contributed by atoms with E-state index in [9.17, 15) is 9.90 Å². The van der Waals surface area contributed by atoms with Crippen molar-refractivity contribution in [3.63, 3.8) is 0 Å². The fourth-order valence-corrected chi connectivity index (χ4v) is 2.57. The van der Waals surface area contributed by atoms with Crippen LogP contribution in [0.4, 0.5) is 10.6 Å². The first-order chi connectivity index (χ1) is 12.2. The van der Waals surface area contributed by atoms with Gasteiger partial charge in [-0.25, -0.2) is 9.78 Å². The quantitative estimate of drug-likeness (QED) is 0.689. The Hall–Kier alpha value is -2.60. The van der Waals surface area contributed by atoms with Gasteiger partial charge < -0.3 is 20.6 Å². The minimum atomic E-state index is -0.427. The standard InChI is InChI=1S/C19H26N4O2/c1-3-23(4-2)18-11-10-15(12-20-18)13-21-19(25)22-17(14-24)16-8-6-5-7-9-16/h5-12,17,24H,3-4,13-14H2,1-2H3,(H2,21,22,25). The van der Waals surface area contributed by atoms with Crippen molar-refractivity contribution >= 4 is 11.8 Å². The highest BCUT2D eigenvalue weighted by molar-refractivity contribution is 5.74. The van der Waals surface area contributed by atoms with E-state index in [4.69, 9.17) is 0 Å². The molecule has 0 saturated heterocycles. The summed E-state index contributed by atoms with van der Waals surface area (Å²) in [7, 11) is 0. The van der Waals surface area contributed by atoms with Gasteiger partial charge in [-0.3, -0.25) is 0 Å². The Morgan fingerprint density at radius 3 is 2.44 bits per heavy atom. The molecule has 0 bridgehead atoms. The van der Waals surface area contributed by atoms with Crippen LogP contribution in [0.3, 0.4) is 0 Å². The van der Waals surface area contributed by atoms with E-state index in [0.717, 1.165) is 30.0 Å². The predicted molar refractivity (Wildman–Crippen MR) is 99.4 cm³/mol. The summed E-state index contributed by atoms with van der Waals surface area (Å²) < 4.78 is 0. The average Bonchev–Trinajstić information content (AvgIpc) is 2.67. The molecule has 0 aliphatic carbocycles. The van der Waals surface area contributed by atoms with E-state index in [0.29, 0.717) is 6.54 Å². The smallest absolute Gasteiger partial charge is 0.315 e. The third kappa shape index (κ3) is 5.46. The molecule has 134 valence electrons. The molecule has 2 rings (SSSR count). The second-order valence-corrected chi connectivity index (χ2v) is 5.67. The first kappa shape index (κ1) is 18.7. The number of carbonyl (C=O) groups is 1. The number of amides is 2. The van der Waals surface area contributed by atoms with Crippen molar-refractivity contribution < 1.29 is 9.90 Å². The molecule has 6 heteroatoms. The van der Waals surface area contributed by atoms with Crippen LogP contribution in [-0.2, 0) is 6.54 Å². The molecular formula is C19H26N4O2. The Bertz CT molecular complexity index is 642. The number of hydrogen-bond acceptors (Lipinski definition) is 4. The highest BCUT2D eigenvalue weighted by Crippen LogP contribution is 2.12. The van der Waals surface area contributed by atoms with Crippen molar-refractivity contribution in [2.45, 2.75) is 26.4 Å². The van der Waals surface area contributed by atoms with E-state index in [1.807, 2.05) is 42.5 Å². The number of hydrogen-bond donors (Lipinski definition) is 3. The maximum Gasteiger partial charge on any atom is 0.315 e. The topological polar surface area (TPSA) is 77.5 Å². The number of aliphatic hydroxyl groups excluding tert-OH is 1. The van der Waals surface area contributed by atoms with Crippen LogP contribution >= 0.6 is 0 Å². The molecule has 1 aromatic carbocycles. The lowest BCUT2D eigenvalue weighted by molar-refractivity contribution is 0.216. The zero-order chi connectivity index (χ0) is 18.1. The normalized spacial score (nSPS) is 11.6. The highest BCUT2D eigenvalue weighted by atomic mass is 16.3. The molecule has 6 nitrogen and oxygen atoms in total. The van der Waals surface area contributed by atoms with Gasteiger partial charge in [0.15, 0.2) is 0 Å². The van der Waals surface area contributed by atoms with Gasteiger partial charge in [0.2, 0.25) is 0 Å². The first-order valence-electron chi connectivity index (χ1n) is 8.58. The van der Waals surface area contributed by atoms with E-state index >= 15 is 0 Å². The Morgan fingerprint density at radius 2 is 1.88 bits per heavy atom. The summed E-state index contributed by atoms with van der Waals surface area (Å²) >= 11 is 0. The molecule has 25 heavy (non-hydrogen) atoms. The Balaban J connectivity index is 1.87. The largest absolute Gasteiger partial charge is 0.394 e. The van der Waals surface area contributed by atoms with Crippen LogP contribution in [0.5, 0.6) is 0 Å². The lowest BCUT2D eigenvalue weighted by atomic mass is 10.1. The van der Waals surface area contributed by atoms with Crippen LogP contribution in [0.15, 0.2) is 48.7 Å². The van der Waals surface area contributed by atoms with Crippen LogP contribution in [0.1, 0.15) is 31.0 Å². The number of anilines is 1. The van der Waals surface area contributed by atoms with E-state index in [1.165, 1.54) is 0 Å². The van der Waals surface area contributed by atoms with Crippen LogP contribution in [0.2, 0.25) is 0 Å². The maximum atomic E-state index is 12.1. The van der Waals surface area contributed by atoms with Crippen LogP contribution in [0.25, 0.3) is 0 Å². The van der Waals surface area contributed by atoms with Crippen molar-refractivity contribution in [1.29, 1.82) is 0 Å². The van der Waals surface area contributed by atoms with Gasteiger partial charge in [0.1, 0.15) is 5.82 Å². The lowest BCUT2D eigenvalue weighted by Crippen LogP contribution is -2.38. The second kappa shape index (κ2) is 9.64. The summed E-state index contributed by atoms with van der Waals surface area (Å²) in [5, 5.41) is 15.1. The monoisotopic (exact) mass is 342 g/mol. The van der Waals surface area contributed by atoms with Gasteiger partial charge in [0, 0.05) is 25.8 Å². The van der Waals surface area contributed by atoms with Gasteiger partial charge in [0.25, 0.3) is 0 Å². The lowest BCUT2D eigenvalue weighted by Gasteiger charge is -2.20. The number of aromatic nitrogens is 1. The number of carbonyl (C=O) groups excluding carboxylic acids is 1. The average molecular weight is 342 g/mol. The summed E-state index contributed by atoms with van der Waals surface area (Å²) in [5.74, 6) is 0.933. The highest BCUT2D eigenvalue weighted by Gasteiger charge is 2.13. The summed E-state index contributed by atoms with van der Waals surface area (Å²) in [6.07, 6.45) is 1.77. The number of pyridine rings is 1. The summed E-state index contributed by atoms with van der Waals surface area (Å²) in [6.45, 7) is 6.23. The second-order valence-electron chi connectivity index (χ2n) is 5.67. The number of benzene rings is 1. The molecule has 3 N–H and O–H groups in total. The molecule has 1 aromatic heterocycles. The SMILES string of the molecule is CCN(CC)c1ccc(CNC(=O)NC(CO)c2ccccc2)cn1. The zero-order valence-electron chi connectivity index (χ0n) is 14.8. The van der Waals surface area contributed by atoms with Crippen LogP contribution in [0, 0.1) is 0 Å².